The number of aryl methyl sites for hydroxylation is 10. The molecule has 21 aromatic rings. The number of aromatic nitrogens is 8. The van der Waals surface area contributed by atoms with Crippen LogP contribution in [0.25, 0.3) is 189 Å². The van der Waals surface area contributed by atoms with Crippen molar-refractivity contribution in [3.63, 3.8) is 0 Å². The largest absolute Gasteiger partial charge is 0.437 e. The second-order valence-corrected chi connectivity index (χ2v) is 38.4. The Kier molecular flexibility index (Phi) is 25.0. The highest BCUT2D eigenvalue weighted by Gasteiger charge is 2.31. The topological polar surface area (TPSA) is 120 Å². The Bertz CT molecular complexity index is 8020. The molecule has 0 saturated heterocycles. The minimum atomic E-state index is 0.341. The van der Waals surface area contributed by atoms with Gasteiger partial charge in [0.2, 0.25) is 45.6 Å². The number of fused-ring (bicyclic) bond motifs is 12. The van der Waals surface area contributed by atoms with Gasteiger partial charge in [-0.3, -0.25) is 0 Å². The fourth-order valence-electron chi connectivity index (χ4n) is 18.6. The maximum absolute atomic E-state index is 6.58. The Morgan fingerprint density at radius 1 is 0.231 bits per heavy atom. The van der Waals surface area contributed by atoms with Crippen LogP contribution < -0.4 is 18.3 Å². The fourth-order valence-corrected chi connectivity index (χ4v) is 18.6. The molecule has 0 radical (unpaired) electrons. The summed E-state index contributed by atoms with van der Waals surface area (Å²) in [5.41, 5.74) is 41.6. The summed E-state index contributed by atoms with van der Waals surface area (Å²) in [6, 6.07) is 95.9. The van der Waals surface area contributed by atoms with E-state index < -0.39 is 0 Å². The molecule has 9 aromatic carbocycles. The van der Waals surface area contributed by atoms with Crippen molar-refractivity contribution in [1.82, 2.24) is 19.9 Å². The highest BCUT2D eigenvalue weighted by atomic mass is 16.4. The van der Waals surface area contributed by atoms with E-state index in [2.05, 4.69) is 463 Å². The first-order valence-electron chi connectivity index (χ1n) is 47.2. The number of rotatable bonds is 15. The molecule has 0 aliphatic rings. The number of furan rings is 4. The van der Waals surface area contributed by atoms with Gasteiger partial charge in [0.1, 0.15) is 28.2 Å². The van der Waals surface area contributed by atoms with Crippen molar-refractivity contribution in [2.24, 2.45) is 28.2 Å². The Morgan fingerprint density at radius 3 is 0.903 bits per heavy atom. The molecule has 0 spiro atoms. The van der Waals surface area contributed by atoms with Gasteiger partial charge < -0.3 is 17.7 Å². The molecular formula is C122H120N8O4+4. The Balaban J connectivity index is 0.000000120. The molecule has 12 heteroatoms. The Morgan fingerprint density at radius 2 is 0.545 bits per heavy atom. The summed E-state index contributed by atoms with van der Waals surface area (Å²) in [5.74, 6) is 2.47. The number of benzene rings is 9. The van der Waals surface area contributed by atoms with Gasteiger partial charge in [0.15, 0.2) is 47.1 Å². The molecule has 0 unspecified atom stereocenters. The molecule has 668 valence electrons. The third-order valence-corrected chi connectivity index (χ3v) is 26.7. The Hall–Kier alpha value is -14.6. The minimum Gasteiger partial charge on any atom is -0.437 e. The minimum absolute atomic E-state index is 0.341. The van der Waals surface area contributed by atoms with Crippen molar-refractivity contribution in [2.45, 2.75) is 160 Å². The van der Waals surface area contributed by atoms with Crippen LogP contribution in [0.5, 0.6) is 0 Å². The lowest BCUT2D eigenvalue weighted by Crippen LogP contribution is -2.32. The first-order valence-corrected chi connectivity index (χ1v) is 47.2. The average Bonchev–Trinajstić information content (AvgIpc) is 1.40. The molecule has 0 atom stereocenters. The van der Waals surface area contributed by atoms with E-state index >= 15 is 0 Å². The van der Waals surface area contributed by atoms with Gasteiger partial charge in [-0.2, -0.15) is 4.57 Å². The normalized spacial score (nSPS) is 11.8. The van der Waals surface area contributed by atoms with Crippen LogP contribution in [0.4, 0.5) is 0 Å². The second kappa shape index (κ2) is 37.2. The molecule has 0 amide bonds. The number of pyridine rings is 8. The van der Waals surface area contributed by atoms with Gasteiger partial charge in [0, 0.05) is 102 Å². The quantitative estimate of drug-likeness (QED) is 0.0931. The maximum Gasteiger partial charge on any atom is 0.227 e. The predicted octanol–water partition coefficient (Wildman–Crippen LogP) is 30.8. The van der Waals surface area contributed by atoms with Gasteiger partial charge in [-0.1, -0.05) is 270 Å². The van der Waals surface area contributed by atoms with E-state index in [0.29, 0.717) is 58.4 Å². The second-order valence-electron chi connectivity index (χ2n) is 38.4. The van der Waals surface area contributed by atoms with Gasteiger partial charge in [0.05, 0.1) is 33.4 Å². The molecule has 12 aromatic heterocycles. The van der Waals surface area contributed by atoms with Crippen LogP contribution in [0.3, 0.4) is 0 Å². The van der Waals surface area contributed by atoms with Crippen LogP contribution in [-0.4, -0.2) is 19.9 Å². The summed E-state index contributed by atoms with van der Waals surface area (Å²) in [6.45, 7) is 39.0. The zero-order valence-electron chi connectivity index (χ0n) is 81.4. The highest BCUT2D eigenvalue weighted by molar-refractivity contribution is 6.13. The zero-order valence-corrected chi connectivity index (χ0v) is 81.4. The molecule has 21 rings (SSSR count). The van der Waals surface area contributed by atoms with Crippen molar-refractivity contribution in [3.8, 4) is 101 Å². The fraction of sp³-hybridized carbons (Fsp3) is 0.230. The number of hydrogen-bond donors (Lipinski definition) is 0. The van der Waals surface area contributed by atoms with Gasteiger partial charge >= 0.3 is 0 Å². The van der Waals surface area contributed by atoms with Gasteiger partial charge in [-0.15, -0.1) is 0 Å². The standard InChI is InChI=1S/C36H35N2O.C30H31N2O.2C28H27N2O/c1-22(2)25-13-15-26(16-14-25)28-20-31(27-10-8-7-9-11-27)34(38(6)21-28)33-24(5)12-17-29-30-18-19-32(23(3)4)37-36(30)39-35(29)33;1-18(2)21-8-10-22(11-9-21)23-15-16-32(6)27(17-23)28-20(5)7-12-24-25-13-14-26(19(3)4)31-30(25)33-29(24)28;1-17(2)24-13-12-23-22-11-8-19(4)26(27(22)31-28(23)29-24)25-16-21(14-15-30(25)5)20-9-6-18(3)7-10-20;1-17(2)24-15-14-23-22-13-10-19(4)25(27(22)31-28(23)29-24)26-21(7-6-16-30(26)5)20-11-8-18(3)9-12-20/h7-23H,1-6H3;7-19H,1-6H3;2*6-17H,1-5H3/q4*+1. The number of hydrogen-bond acceptors (Lipinski definition) is 8. The molecule has 134 heavy (non-hydrogen) atoms. The monoisotopic (exact) mass is 1760 g/mol. The predicted molar refractivity (Wildman–Crippen MR) is 553 cm³/mol. The highest BCUT2D eigenvalue weighted by Crippen LogP contribution is 2.46. The lowest BCUT2D eigenvalue weighted by atomic mass is 9.92. The smallest absolute Gasteiger partial charge is 0.227 e. The molecule has 0 aliphatic heterocycles. The summed E-state index contributed by atoms with van der Waals surface area (Å²) in [4.78, 5) is 19.3. The molecule has 0 fully saturated rings. The average molecular weight is 1760 g/mol. The van der Waals surface area contributed by atoms with E-state index in [9.17, 15) is 0 Å². The lowest BCUT2D eigenvalue weighted by molar-refractivity contribution is -0.660. The summed E-state index contributed by atoms with van der Waals surface area (Å²) >= 11 is 0. The van der Waals surface area contributed by atoms with Crippen LogP contribution in [-0.2, 0) is 28.2 Å². The van der Waals surface area contributed by atoms with Crippen molar-refractivity contribution in [2.75, 3.05) is 0 Å². The SMILES string of the molecule is Cc1ccc(-c2cc[n+](C)c(-c3c(C)ccc4c3oc3nc(C(C)C)ccc34)c2)cc1.Cc1ccc(-c2ccc[n+](C)c2-c2c(C)ccc3c2oc2nc(C(C)C)ccc23)cc1.Cc1ccc2c(oc3nc(C(C)C)ccc32)c1-c1c(-c2ccccc2)cc(-c2ccc(C(C)C)cc2)c[n+]1C.Cc1ccc2c(oc3nc(C(C)C)ccc32)c1-c1cc(-c2ccc(C(C)C)cc2)cc[n+]1C. The summed E-state index contributed by atoms with van der Waals surface area (Å²) in [6.07, 6.45) is 8.60. The molecule has 0 N–H and O–H groups in total. The lowest BCUT2D eigenvalue weighted by Gasteiger charge is -2.13. The summed E-state index contributed by atoms with van der Waals surface area (Å²) < 4.78 is 34.7. The molecule has 0 aliphatic carbocycles. The van der Waals surface area contributed by atoms with Crippen LogP contribution in [0.2, 0.25) is 0 Å². The van der Waals surface area contributed by atoms with E-state index in [-0.39, 0.29) is 0 Å². The van der Waals surface area contributed by atoms with Crippen molar-refractivity contribution in [1.29, 1.82) is 0 Å². The van der Waals surface area contributed by atoms with Crippen molar-refractivity contribution in [3.05, 3.63) is 359 Å². The summed E-state index contributed by atoms with van der Waals surface area (Å²) in [7, 11) is 8.42. The van der Waals surface area contributed by atoms with Crippen molar-refractivity contribution >= 4 is 88.3 Å². The van der Waals surface area contributed by atoms with Crippen molar-refractivity contribution < 1.29 is 35.9 Å². The van der Waals surface area contributed by atoms with E-state index in [1.54, 1.807) is 0 Å². The molecule has 0 saturated carbocycles. The van der Waals surface area contributed by atoms with E-state index in [1.807, 2.05) is 0 Å². The molecule has 0 bridgehead atoms. The first kappa shape index (κ1) is 89.9. The van der Waals surface area contributed by atoms with Gasteiger partial charge in [-0.05, 0) is 210 Å². The van der Waals surface area contributed by atoms with Crippen LogP contribution in [0.15, 0.2) is 309 Å². The molecular weight excluding hydrogens is 1640 g/mol. The van der Waals surface area contributed by atoms with E-state index in [4.69, 9.17) is 37.6 Å². The molecule has 12 nitrogen and oxygen atoms in total. The van der Waals surface area contributed by atoms with E-state index in [1.165, 1.54) is 100 Å². The third kappa shape index (κ3) is 17.5. The van der Waals surface area contributed by atoms with Crippen LogP contribution in [0, 0.1) is 41.5 Å². The third-order valence-electron chi connectivity index (χ3n) is 26.7. The molecule has 12 heterocycles. The first-order chi connectivity index (χ1) is 64.5. The Labute approximate surface area is 787 Å². The number of nitrogens with zero attached hydrogens (tertiary/aromatic N) is 8. The van der Waals surface area contributed by atoms with Crippen LogP contribution >= 0.6 is 0 Å². The van der Waals surface area contributed by atoms with Gasteiger partial charge in [-0.25, -0.2) is 33.6 Å². The zero-order chi connectivity index (χ0) is 93.9. The van der Waals surface area contributed by atoms with E-state index in [0.717, 1.165) is 133 Å². The maximum atomic E-state index is 6.58. The summed E-state index contributed by atoms with van der Waals surface area (Å²) in [5, 5.41) is 8.69. The van der Waals surface area contributed by atoms with Crippen LogP contribution in [0.1, 0.15) is 186 Å². The van der Waals surface area contributed by atoms with Gasteiger partial charge in [0.25, 0.3) is 0 Å².